The van der Waals surface area contributed by atoms with Crippen LogP contribution in [0.5, 0.6) is 5.75 Å². The molecule has 1 aromatic rings. The number of rotatable bonds is 6. The number of benzene rings is 1. The van der Waals surface area contributed by atoms with Gasteiger partial charge in [0.15, 0.2) is 5.54 Å². The summed E-state index contributed by atoms with van der Waals surface area (Å²) in [5.41, 5.74) is -0.126. The summed E-state index contributed by atoms with van der Waals surface area (Å²) >= 11 is 0. The van der Waals surface area contributed by atoms with Crippen LogP contribution in [0, 0.1) is 0 Å². The van der Waals surface area contributed by atoms with Gasteiger partial charge in [0.2, 0.25) is 0 Å². The molecule has 5 nitrogen and oxygen atoms in total. The molecule has 0 aliphatic rings. The number of nitrogens with one attached hydrogen (secondary N) is 1. The lowest BCUT2D eigenvalue weighted by atomic mass is 10.0. The molecule has 100 valence electrons. The molecule has 18 heavy (non-hydrogen) atoms. The van der Waals surface area contributed by atoms with Gasteiger partial charge in [-0.15, -0.1) is 0 Å². The monoisotopic (exact) mass is 253 g/mol. The molecule has 0 spiro atoms. The van der Waals surface area contributed by atoms with Gasteiger partial charge in [-0.2, -0.15) is 0 Å². The van der Waals surface area contributed by atoms with Gasteiger partial charge in [0.1, 0.15) is 5.75 Å². The first-order chi connectivity index (χ1) is 8.55. The number of esters is 1. The third kappa shape index (κ3) is 3.37. The molecule has 0 saturated heterocycles. The quantitative estimate of drug-likeness (QED) is 0.782. The molecule has 1 unspecified atom stereocenters. The molecule has 0 fully saturated rings. The highest BCUT2D eigenvalue weighted by atomic mass is 16.5. The predicted molar refractivity (Wildman–Crippen MR) is 68.9 cm³/mol. The van der Waals surface area contributed by atoms with Crippen LogP contribution >= 0.6 is 0 Å². The van der Waals surface area contributed by atoms with E-state index < -0.39 is 5.54 Å². The van der Waals surface area contributed by atoms with Crippen LogP contribution in [0.4, 0.5) is 5.69 Å². The van der Waals surface area contributed by atoms with Gasteiger partial charge in [0.25, 0.3) is 0 Å². The molecule has 0 amide bonds. The highest BCUT2D eigenvalue weighted by molar-refractivity contribution is 5.84. The number of ether oxygens (including phenoxy) is 3. The van der Waals surface area contributed by atoms with Gasteiger partial charge >= 0.3 is 5.97 Å². The first-order valence-corrected chi connectivity index (χ1v) is 5.55. The number of carbonyl (C=O) groups excluding carboxylic acids is 1. The SMILES string of the molecule is COCC(C)(Nc1ccc(OC)cc1)C(=O)OC. The van der Waals surface area contributed by atoms with Gasteiger partial charge in [-0.25, -0.2) is 4.79 Å². The molecular weight excluding hydrogens is 234 g/mol. The van der Waals surface area contributed by atoms with Gasteiger partial charge < -0.3 is 19.5 Å². The summed E-state index contributed by atoms with van der Waals surface area (Å²) < 4.78 is 14.9. The second kappa shape index (κ2) is 6.26. The summed E-state index contributed by atoms with van der Waals surface area (Å²) in [7, 11) is 4.49. The topological polar surface area (TPSA) is 56.8 Å². The van der Waals surface area contributed by atoms with E-state index in [2.05, 4.69) is 5.32 Å². The number of hydrogen-bond donors (Lipinski definition) is 1. The van der Waals surface area contributed by atoms with Crippen molar-refractivity contribution in [2.75, 3.05) is 33.3 Å². The Morgan fingerprint density at radius 1 is 1.22 bits per heavy atom. The number of hydrogen-bond acceptors (Lipinski definition) is 5. The minimum Gasteiger partial charge on any atom is -0.497 e. The Balaban J connectivity index is 2.85. The van der Waals surface area contributed by atoms with Crippen LogP contribution in [-0.4, -0.2) is 39.4 Å². The van der Waals surface area contributed by atoms with Crippen molar-refractivity contribution in [3.8, 4) is 5.75 Å². The second-order valence-corrected chi connectivity index (χ2v) is 4.11. The van der Waals surface area contributed by atoms with Crippen LogP contribution in [-0.2, 0) is 14.3 Å². The summed E-state index contributed by atoms with van der Waals surface area (Å²) in [6, 6.07) is 7.28. The molecule has 1 atom stereocenters. The first-order valence-electron chi connectivity index (χ1n) is 5.55. The van der Waals surface area contributed by atoms with Crippen molar-refractivity contribution in [2.45, 2.75) is 12.5 Å². The summed E-state index contributed by atoms with van der Waals surface area (Å²) in [6.07, 6.45) is 0. The molecule has 0 radical (unpaired) electrons. The molecular formula is C13H19NO4. The van der Waals surface area contributed by atoms with E-state index in [0.29, 0.717) is 0 Å². The Hall–Kier alpha value is -1.75. The van der Waals surface area contributed by atoms with E-state index >= 15 is 0 Å². The normalized spacial score (nSPS) is 13.6. The van der Waals surface area contributed by atoms with E-state index in [1.807, 2.05) is 24.3 Å². The Morgan fingerprint density at radius 2 is 1.83 bits per heavy atom. The second-order valence-electron chi connectivity index (χ2n) is 4.11. The fourth-order valence-corrected chi connectivity index (χ4v) is 1.65. The van der Waals surface area contributed by atoms with Crippen molar-refractivity contribution in [2.24, 2.45) is 0 Å². The Morgan fingerprint density at radius 3 is 2.28 bits per heavy atom. The minimum atomic E-state index is -0.919. The van der Waals surface area contributed by atoms with Gasteiger partial charge in [-0.1, -0.05) is 0 Å². The maximum atomic E-state index is 11.8. The first kappa shape index (κ1) is 14.3. The van der Waals surface area contributed by atoms with Crippen LogP contribution in [0.25, 0.3) is 0 Å². The Kier molecular flexibility index (Phi) is 4.97. The Bertz CT molecular complexity index is 390. The molecule has 1 rings (SSSR count). The van der Waals surface area contributed by atoms with Gasteiger partial charge in [-0.05, 0) is 31.2 Å². The maximum absolute atomic E-state index is 11.8. The summed E-state index contributed by atoms with van der Waals surface area (Å²) in [6.45, 7) is 1.94. The van der Waals surface area contributed by atoms with Gasteiger partial charge in [-0.3, -0.25) is 0 Å². The van der Waals surface area contributed by atoms with Crippen molar-refractivity contribution in [1.29, 1.82) is 0 Å². The van der Waals surface area contributed by atoms with E-state index in [1.165, 1.54) is 14.2 Å². The smallest absolute Gasteiger partial charge is 0.333 e. The van der Waals surface area contributed by atoms with Crippen LogP contribution in [0.1, 0.15) is 6.92 Å². The van der Waals surface area contributed by atoms with E-state index in [4.69, 9.17) is 14.2 Å². The molecule has 0 aliphatic carbocycles. The van der Waals surface area contributed by atoms with E-state index in [-0.39, 0.29) is 12.6 Å². The average molecular weight is 253 g/mol. The average Bonchev–Trinajstić information content (AvgIpc) is 2.39. The zero-order valence-corrected chi connectivity index (χ0v) is 11.1. The van der Waals surface area contributed by atoms with E-state index in [9.17, 15) is 4.79 Å². The lowest BCUT2D eigenvalue weighted by molar-refractivity contribution is -0.147. The molecule has 0 heterocycles. The summed E-state index contributed by atoms with van der Waals surface area (Å²) in [4.78, 5) is 11.8. The van der Waals surface area contributed by atoms with Crippen molar-refractivity contribution in [3.63, 3.8) is 0 Å². The Labute approximate surface area is 107 Å². The zero-order valence-electron chi connectivity index (χ0n) is 11.1. The van der Waals surface area contributed by atoms with Crippen molar-refractivity contribution < 1.29 is 19.0 Å². The highest BCUT2D eigenvalue weighted by Gasteiger charge is 2.34. The third-order valence-corrected chi connectivity index (χ3v) is 2.58. The summed E-state index contributed by atoms with van der Waals surface area (Å²) in [5.74, 6) is 0.382. The van der Waals surface area contributed by atoms with Crippen LogP contribution in [0.3, 0.4) is 0 Å². The molecule has 5 heteroatoms. The molecule has 1 aromatic carbocycles. The maximum Gasteiger partial charge on any atom is 0.333 e. The summed E-state index contributed by atoms with van der Waals surface area (Å²) in [5, 5.41) is 3.10. The lowest BCUT2D eigenvalue weighted by Crippen LogP contribution is -2.48. The lowest BCUT2D eigenvalue weighted by Gasteiger charge is -2.28. The van der Waals surface area contributed by atoms with Crippen molar-refractivity contribution in [3.05, 3.63) is 24.3 Å². The highest BCUT2D eigenvalue weighted by Crippen LogP contribution is 2.20. The standard InChI is InChI=1S/C13H19NO4/c1-13(9-16-2,12(15)18-4)14-10-5-7-11(17-3)8-6-10/h5-8,14H,9H2,1-4H3. The van der Waals surface area contributed by atoms with Crippen molar-refractivity contribution in [1.82, 2.24) is 0 Å². The number of anilines is 1. The van der Waals surface area contributed by atoms with Crippen LogP contribution in [0.15, 0.2) is 24.3 Å². The van der Waals surface area contributed by atoms with E-state index in [0.717, 1.165) is 11.4 Å². The zero-order chi connectivity index (χ0) is 13.6. The number of methoxy groups -OCH3 is 3. The molecule has 0 aromatic heterocycles. The third-order valence-electron chi connectivity index (χ3n) is 2.58. The fourth-order valence-electron chi connectivity index (χ4n) is 1.65. The largest absolute Gasteiger partial charge is 0.497 e. The van der Waals surface area contributed by atoms with Crippen LogP contribution in [0.2, 0.25) is 0 Å². The van der Waals surface area contributed by atoms with E-state index in [1.54, 1.807) is 14.0 Å². The van der Waals surface area contributed by atoms with Crippen molar-refractivity contribution >= 4 is 11.7 Å². The molecule has 0 aliphatic heterocycles. The molecule has 0 bridgehead atoms. The van der Waals surface area contributed by atoms with Gasteiger partial charge in [0.05, 0.1) is 20.8 Å². The molecule has 0 saturated carbocycles. The number of carbonyl (C=O) groups is 1. The van der Waals surface area contributed by atoms with Gasteiger partial charge in [0, 0.05) is 12.8 Å². The molecule has 1 N–H and O–H groups in total. The fraction of sp³-hybridized carbons (Fsp3) is 0.462. The van der Waals surface area contributed by atoms with Crippen LogP contribution < -0.4 is 10.1 Å². The predicted octanol–water partition coefficient (Wildman–Crippen LogP) is 1.69. The minimum absolute atomic E-state index is 0.214.